The quantitative estimate of drug-likeness (QED) is 0.402. The number of carbonyl (C=O) groups excluding carboxylic acids is 2. The van der Waals surface area contributed by atoms with Crippen LogP contribution < -0.4 is 0 Å². The lowest BCUT2D eigenvalue weighted by Crippen LogP contribution is -2.47. The van der Waals surface area contributed by atoms with E-state index >= 15 is 0 Å². The molecule has 0 aromatic heterocycles. The van der Waals surface area contributed by atoms with E-state index in [0.29, 0.717) is 26.0 Å². The summed E-state index contributed by atoms with van der Waals surface area (Å²) in [4.78, 5) is 35.7. The van der Waals surface area contributed by atoms with Crippen molar-refractivity contribution in [3.8, 4) is 0 Å². The maximum absolute atomic E-state index is 12.2. The highest BCUT2D eigenvalue weighted by atomic mass is 16.5. The summed E-state index contributed by atoms with van der Waals surface area (Å²) in [5, 5.41) is 8.37. The molecule has 0 aliphatic carbocycles. The van der Waals surface area contributed by atoms with Crippen molar-refractivity contribution in [2.24, 2.45) is 5.92 Å². The lowest BCUT2D eigenvalue weighted by molar-refractivity contribution is -0.151. The Bertz CT molecular complexity index is 442. The summed E-state index contributed by atoms with van der Waals surface area (Å²) in [6.45, 7) is 3.06. The highest BCUT2D eigenvalue weighted by molar-refractivity contribution is 5.78. The fourth-order valence-electron chi connectivity index (χ4n) is 2.66. The predicted molar refractivity (Wildman–Crippen MR) is 86.0 cm³/mol. The second-order valence-corrected chi connectivity index (χ2v) is 5.79. The van der Waals surface area contributed by atoms with E-state index in [0.717, 1.165) is 0 Å². The third-order valence-corrected chi connectivity index (χ3v) is 3.93. The first-order valence-corrected chi connectivity index (χ1v) is 8.28. The molecule has 0 aromatic carbocycles. The van der Waals surface area contributed by atoms with E-state index in [1.54, 1.807) is 4.90 Å². The number of amides is 1. The van der Waals surface area contributed by atoms with Crippen molar-refractivity contribution in [1.82, 2.24) is 4.90 Å². The van der Waals surface area contributed by atoms with Crippen LogP contribution in [0, 0.1) is 5.92 Å². The Morgan fingerprint density at radius 3 is 2.20 bits per heavy atom. The first-order chi connectivity index (χ1) is 12.0. The Hall–Kier alpha value is -1.71. The number of carbonyl (C=O) groups is 3. The number of rotatable bonds is 11. The van der Waals surface area contributed by atoms with E-state index in [4.69, 9.17) is 24.1 Å². The van der Waals surface area contributed by atoms with Crippen molar-refractivity contribution in [2.75, 3.05) is 53.3 Å². The zero-order valence-corrected chi connectivity index (χ0v) is 14.8. The number of esters is 1. The summed E-state index contributed by atoms with van der Waals surface area (Å²) < 4.78 is 20.1. The molecule has 1 rings (SSSR count). The smallest absolute Gasteiger partial charge is 0.329 e. The van der Waals surface area contributed by atoms with E-state index in [9.17, 15) is 14.4 Å². The molecule has 2 unspecified atom stereocenters. The number of ether oxygens (including phenoxy) is 4. The lowest BCUT2D eigenvalue weighted by Gasteiger charge is -2.36. The molecule has 0 aromatic rings. The molecule has 1 amide bonds. The number of piperidine rings is 1. The zero-order chi connectivity index (χ0) is 18.7. The maximum atomic E-state index is 12.2. The minimum Gasteiger partial charge on any atom is -0.480 e. The Kier molecular flexibility index (Phi) is 10.0. The Balaban J connectivity index is 2.09. The van der Waals surface area contributed by atoms with Crippen LogP contribution in [0.5, 0.6) is 0 Å². The van der Waals surface area contributed by atoms with E-state index in [-0.39, 0.29) is 56.9 Å². The molecular weight excluding hydrogens is 334 g/mol. The average Bonchev–Trinajstić information content (AvgIpc) is 2.58. The van der Waals surface area contributed by atoms with Gasteiger partial charge in [0.05, 0.1) is 39.5 Å². The fourth-order valence-corrected chi connectivity index (χ4v) is 2.66. The molecule has 1 heterocycles. The van der Waals surface area contributed by atoms with Crippen molar-refractivity contribution in [3.05, 3.63) is 0 Å². The molecule has 0 saturated carbocycles. The summed E-state index contributed by atoms with van der Waals surface area (Å²) in [5.74, 6) is -1.51. The standard InChI is InChI=1S/C16H27NO8/c1-12-9-13(16(21)22-2)3-4-17(12)14(18)10-24-7-5-23-6-8-25-11-15(19)20/h12-13H,3-11H2,1-2H3,(H,19,20). The van der Waals surface area contributed by atoms with Gasteiger partial charge in [-0.1, -0.05) is 0 Å². The summed E-state index contributed by atoms with van der Waals surface area (Å²) >= 11 is 0. The molecule has 1 N–H and O–H groups in total. The van der Waals surface area contributed by atoms with Gasteiger partial charge >= 0.3 is 11.9 Å². The Labute approximate surface area is 147 Å². The van der Waals surface area contributed by atoms with E-state index in [2.05, 4.69) is 0 Å². The second-order valence-electron chi connectivity index (χ2n) is 5.79. The Morgan fingerprint density at radius 2 is 1.64 bits per heavy atom. The van der Waals surface area contributed by atoms with Crippen LogP contribution in [0.15, 0.2) is 0 Å². The molecule has 1 fully saturated rings. The number of likely N-dealkylation sites (tertiary alicyclic amines) is 1. The number of aliphatic carboxylic acids is 1. The summed E-state index contributed by atoms with van der Waals surface area (Å²) in [5.41, 5.74) is 0. The Morgan fingerprint density at radius 1 is 1.04 bits per heavy atom. The predicted octanol–water partition coefficient (Wildman–Crippen LogP) is -0.0791. The summed E-state index contributed by atoms with van der Waals surface area (Å²) in [7, 11) is 1.37. The topological polar surface area (TPSA) is 112 Å². The molecule has 0 radical (unpaired) electrons. The van der Waals surface area contributed by atoms with Crippen molar-refractivity contribution >= 4 is 17.8 Å². The molecule has 9 nitrogen and oxygen atoms in total. The van der Waals surface area contributed by atoms with Crippen LogP contribution in [-0.2, 0) is 33.3 Å². The number of hydrogen-bond acceptors (Lipinski definition) is 7. The van der Waals surface area contributed by atoms with Gasteiger partial charge in [0.25, 0.3) is 0 Å². The molecule has 9 heteroatoms. The minimum absolute atomic E-state index is 0.0309. The van der Waals surface area contributed by atoms with Gasteiger partial charge in [-0.3, -0.25) is 9.59 Å². The van der Waals surface area contributed by atoms with Crippen molar-refractivity contribution in [1.29, 1.82) is 0 Å². The van der Waals surface area contributed by atoms with Crippen molar-refractivity contribution < 1.29 is 38.4 Å². The first kappa shape index (κ1) is 21.3. The highest BCUT2D eigenvalue weighted by Crippen LogP contribution is 2.23. The third kappa shape index (κ3) is 8.28. The van der Waals surface area contributed by atoms with Crippen LogP contribution in [0.3, 0.4) is 0 Å². The number of hydrogen-bond donors (Lipinski definition) is 1. The molecule has 1 aliphatic rings. The van der Waals surface area contributed by atoms with Crippen LogP contribution in [-0.4, -0.2) is 87.2 Å². The maximum Gasteiger partial charge on any atom is 0.329 e. The normalized spacial score (nSPS) is 20.3. The van der Waals surface area contributed by atoms with Gasteiger partial charge < -0.3 is 29.0 Å². The van der Waals surface area contributed by atoms with Crippen LogP contribution >= 0.6 is 0 Å². The lowest BCUT2D eigenvalue weighted by atomic mass is 9.91. The van der Waals surface area contributed by atoms with E-state index in [1.807, 2.05) is 6.92 Å². The molecule has 1 saturated heterocycles. The molecule has 144 valence electrons. The number of nitrogens with zero attached hydrogens (tertiary/aromatic N) is 1. The minimum atomic E-state index is -1.02. The molecule has 25 heavy (non-hydrogen) atoms. The fraction of sp³-hybridized carbons (Fsp3) is 0.812. The number of carboxylic acids is 1. The van der Waals surface area contributed by atoms with Gasteiger partial charge in [-0.2, -0.15) is 0 Å². The van der Waals surface area contributed by atoms with E-state index in [1.165, 1.54) is 7.11 Å². The van der Waals surface area contributed by atoms with Crippen LogP contribution in [0.1, 0.15) is 19.8 Å². The van der Waals surface area contributed by atoms with Crippen LogP contribution in [0.2, 0.25) is 0 Å². The molecule has 0 bridgehead atoms. The van der Waals surface area contributed by atoms with Gasteiger partial charge in [0.1, 0.15) is 13.2 Å². The zero-order valence-electron chi connectivity index (χ0n) is 14.8. The summed E-state index contributed by atoms with van der Waals surface area (Å²) in [6, 6.07) is -0.0309. The van der Waals surface area contributed by atoms with Crippen LogP contribution in [0.4, 0.5) is 0 Å². The SMILES string of the molecule is COC(=O)C1CCN(C(=O)COCCOCCOCC(=O)O)C(C)C1. The number of carboxylic acid groups (broad SMARTS) is 1. The average molecular weight is 361 g/mol. The number of methoxy groups -OCH3 is 1. The monoisotopic (exact) mass is 361 g/mol. The molecule has 2 atom stereocenters. The highest BCUT2D eigenvalue weighted by Gasteiger charge is 2.32. The van der Waals surface area contributed by atoms with Crippen molar-refractivity contribution in [3.63, 3.8) is 0 Å². The largest absolute Gasteiger partial charge is 0.480 e. The van der Waals surface area contributed by atoms with Gasteiger partial charge in [-0.25, -0.2) is 4.79 Å². The molecular formula is C16H27NO8. The van der Waals surface area contributed by atoms with Crippen molar-refractivity contribution in [2.45, 2.75) is 25.8 Å². The van der Waals surface area contributed by atoms with Crippen LogP contribution in [0.25, 0.3) is 0 Å². The van der Waals surface area contributed by atoms with E-state index < -0.39 is 5.97 Å². The molecule has 0 spiro atoms. The van der Waals surface area contributed by atoms with Gasteiger partial charge in [0, 0.05) is 12.6 Å². The third-order valence-electron chi connectivity index (χ3n) is 3.93. The first-order valence-electron chi connectivity index (χ1n) is 8.28. The van der Waals surface area contributed by atoms with Gasteiger partial charge in [0.2, 0.25) is 5.91 Å². The second kappa shape index (κ2) is 11.8. The van der Waals surface area contributed by atoms with Gasteiger partial charge in [-0.05, 0) is 19.8 Å². The molecule has 1 aliphatic heterocycles. The van der Waals surface area contributed by atoms with Gasteiger partial charge in [-0.15, -0.1) is 0 Å². The summed E-state index contributed by atoms with van der Waals surface area (Å²) in [6.07, 6.45) is 1.19. The van der Waals surface area contributed by atoms with Gasteiger partial charge in [0.15, 0.2) is 0 Å².